The molecular formula is C12H20N2Si. The van der Waals surface area contributed by atoms with Crippen LogP contribution in [-0.2, 0) is 0 Å². The lowest BCUT2D eigenvalue weighted by atomic mass is 10.4. The molecule has 0 aliphatic carbocycles. The van der Waals surface area contributed by atoms with E-state index >= 15 is 0 Å². The third-order valence-corrected chi connectivity index (χ3v) is 4.27. The Balaban J connectivity index is 2.76. The zero-order valence-electron chi connectivity index (χ0n) is 10.1. The van der Waals surface area contributed by atoms with Crippen LogP contribution in [-0.4, -0.2) is 47.5 Å². The van der Waals surface area contributed by atoms with Gasteiger partial charge in [-0.05, 0) is 0 Å². The van der Waals surface area contributed by atoms with E-state index in [0.717, 1.165) is 0 Å². The second-order valence-corrected chi connectivity index (χ2v) is 6.04. The molecule has 0 bridgehead atoms. The number of rotatable bonds is 4. The molecule has 3 heteroatoms. The summed E-state index contributed by atoms with van der Waals surface area (Å²) >= 11 is 0. The quantitative estimate of drug-likeness (QED) is 0.678. The van der Waals surface area contributed by atoms with Crippen molar-refractivity contribution >= 4 is 14.7 Å². The zero-order chi connectivity index (χ0) is 11.3. The molecule has 82 valence electrons. The van der Waals surface area contributed by atoms with Crippen LogP contribution in [0.3, 0.4) is 0 Å². The number of hydrogen-bond acceptors (Lipinski definition) is 2. The van der Waals surface area contributed by atoms with E-state index in [9.17, 15) is 0 Å². The highest BCUT2D eigenvalue weighted by Gasteiger charge is 2.02. The minimum absolute atomic E-state index is 0.342. The number of hydrogen-bond donors (Lipinski definition) is 0. The molecule has 15 heavy (non-hydrogen) atoms. The van der Waals surface area contributed by atoms with Gasteiger partial charge in [0.25, 0.3) is 0 Å². The van der Waals surface area contributed by atoms with Crippen LogP contribution in [0.5, 0.6) is 0 Å². The number of benzene rings is 1. The molecule has 0 fully saturated rings. The van der Waals surface area contributed by atoms with Crippen LogP contribution in [0.25, 0.3) is 0 Å². The van der Waals surface area contributed by atoms with Crippen molar-refractivity contribution in [3.05, 3.63) is 41.9 Å². The largest absolute Gasteiger partial charge is 0.384 e. The van der Waals surface area contributed by atoms with Gasteiger partial charge in [0.1, 0.15) is 9.52 Å². The van der Waals surface area contributed by atoms with Crippen molar-refractivity contribution < 1.29 is 0 Å². The summed E-state index contributed by atoms with van der Waals surface area (Å²) in [5.41, 5.74) is 0. The van der Waals surface area contributed by atoms with Crippen molar-refractivity contribution in [2.45, 2.75) is 0 Å². The van der Waals surface area contributed by atoms with E-state index < -0.39 is 0 Å². The first-order valence-corrected chi connectivity index (χ1v) is 6.59. The van der Waals surface area contributed by atoms with Crippen molar-refractivity contribution in [1.29, 1.82) is 0 Å². The Morgan fingerprint density at radius 2 is 1.67 bits per heavy atom. The average Bonchev–Trinajstić information content (AvgIpc) is 2.17. The summed E-state index contributed by atoms with van der Waals surface area (Å²) in [4.78, 5) is 4.34. The molecule has 0 aromatic heterocycles. The van der Waals surface area contributed by atoms with Gasteiger partial charge in [-0.1, -0.05) is 35.5 Å². The van der Waals surface area contributed by atoms with Gasteiger partial charge in [-0.2, -0.15) is 0 Å². The van der Waals surface area contributed by atoms with Gasteiger partial charge in [-0.3, -0.25) is 0 Å². The van der Waals surface area contributed by atoms with Gasteiger partial charge < -0.3 is 9.80 Å². The summed E-state index contributed by atoms with van der Waals surface area (Å²) in [7, 11) is 8.03. The lowest BCUT2D eigenvalue weighted by molar-refractivity contribution is 0.498. The molecule has 0 aliphatic rings. The van der Waals surface area contributed by atoms with Crippen molar-refractivity contribution in [3.8, 4) is 0 Å². The minimum atomic E-state index is -0.342. The first-order valence-electron chi connectivity index (χ1n) is 5.18. The SMILES string of the molecule is CN(C)C=C([SiH2]c1ccccc1)N(C)C. The summed E-state index contributed by atoms with van der Waals surface area (Å²) in [6.45, 7) is 0. The molecule has 0 radical (unpaired) electrons. The first kappa shape index (κ1) is 11.8. The molecule has 0 spiro atoms. The molecular weight excluding hydrogens is 200 g/mol. The van der Waals surface area contributed by atoms with Gasteiger partial charge in [0.15, 0.2) is 0 Å². The summed E-state index contributed by atoms with van der Waals surface area (Å²) in [6.07, 6.45) is 2.22. The molecule has 0 amide bonds. The highest BCUT2D eigenvalue weighted by Crippen LogP contribution is 1.98. The molecule has 1 rings (SSSR count). The van der Waals surface area contributed by atoms with E-state index in [1.165, 1.54) is 10.5 Å². The standard InChI is InChI=1S/C12H20N2Si/c1-13(2)10-12(14(3)4)15-11-8-6-5-7-9-11/h5-10H,15H2,1-4H3. The Bertz CT molecular complexity index is 318. The van der Waals surface area contributed by atoms with Crippen LogP contribution in [0.4, 0.5) is 0 Å². The van der Waals surface area contributed by atoms with Gasteiger partial charge in [-0.25, -0.2) is 0 Å². The maximum atomic E-state index is 2.22. The summed E-state index contributed by atoms with van der Waals surface area (Å²) in [6, 6.07) is 10.7. The molecule has 0 aliphatic heterocycles. The van der Waals surface area contributed by atoms with Crippen LogP contribution < -0.4 is 5.19 Å². The van der Waals surface area contributed by atoms with E-state index in [1.807, 2.05) is 0 Å². The van der Waals surface area contributed by atoms with Crippen LogP contribution >= 0.6 is 0 Å². The summed E-state index contributed by atoms with van der Waals surface area (Å²) in [5, 5.41) is 2.94. The molecule has 2 nitrogen and oxygen atoms in total. The molecule has 0 atom stereocenters. The zero-order valence-corrected chi connectivity index (χ0v) is 11.5. The Morgan fingerprint density at radius 3 is 2.13 bits per heavy atom. The van der Waals surface area contributed by atoms with E-state index in [4.69, 9.17) is 0 Å². The fourth-order valence-electron chi connectivity index (χ4n) is 1.42. The predicted molar refractivity (Wildman–Crippen MR) is 70.1 cm³/mol. The number of nitrogens with zero attached hydrogens (tertiary/aromatic N) is 2. The fourth-order valence-corrected chi connectivity index (χ4v) is 3.12. The van der Waals surface area contributed by atoms with Gasteiger partial charge in [0.05, 0.1) is 0 Å². The fraction of sp³-hybridized carbons (Fsp3) is 0.333. The van der Waals surface area contributed by atoms with Gasteiger partial charge >= 0.3 is 0 Å². The second-order valence-electron chi connectivity index (χ2n) is 4.14. The Hall–Kier alpha value is -1.22. The van der Waals surface area contributed by atoms with Crippen molar-refractivity contribution in [2.75, 3.05) is 28.2 Å². The van der Waals surface area contributed by atoms with Crippen LogP contribution in [0.15, 0.2) is 41.9 Å². The highest BCUT2D eigenvalue weighted by atomic mass is 28.2. The molecule has 0 N–H and O–H groups in total. The van der Waals surface area contributed by atoms with Crippen LogP contribution in [0.1, 0.15) is 0 Å². The van der Waals surface area contributed by atoms with E-state index in [1.54, 1.807) is 0 Å². The molecule has 1 aromatic carbocycles. The molecule has 0 saturated heterocycles. The summed E-state index contributed by atoms with van der Waals surface area (Å²) in [5.74, 6) is 0. The van der Waals surface area contributed by atoms with Gasteiger partial charge in [-0.15, -0.1) is 0 Å². The van der Waals surface area contributed by atoms with Crippen molar-refractivity contribution in [2.24, 2.45) is 0 Å². The van der Waals surface area contributed by atoms with Crippen LogP contribution in [0, 0.1) is 0 Å². The van der Waals surface area contributed by atoms with Gasteiger partial charge in [0.2, 0.25) is 0 Å². The lowest BCUT2D eigenvalue weighted by Gasteiger charge is -2.19. The predicted octanol–water partition coefficient (Wildman–Crippen LogP) is 0.403. The maximum Gasteiger partial charge on any atom is 0.109 e. The van der Waals surface area contributed by atoms with Crippen molar-refractivity contribution in [3.63, 3.8) is 0 Å². The second kappa shape index (κ2) is 5.61. The highest BCUT2D eigenvalue weighted by molar-refractivity contribution is 6.60. The van der Waals surface area contributed by atoms with Crippen LogP contribution in [0.2, 0.25) is 0 Å². The Labute approximate surface area is 95.0 Å². The van der Waals surface area contributed by atoms with E-state index in [0.29, 0.717) is 0 Å². The maximum absolute atomic E-state index is 2.22. The average molecular weight is 220 g/mol. The lowest BCUT2D eigenvalue weighted by Crippen LogP contribution is -2.27. The summed E-state index contributed by atoms with van der Waals surface area (Å²) < 4.78 is 0. The minimum Gasteiger partial charge on any atom is -0.384 e. The molecule has 0 heterocycles. The Morgan fingerprint density at radius 1 is 1.07 bits per heavy atom. The van der Waals surface area contributed by atoms with Crippen molar-refractivity contribution in [1.82, 2.24) is 9.80 Å². The Kier molecular flexibility index (Phi) is 4.43. The molecule has 0 saturated carbocycles. The monoisotopic (exact) mass is 220 g/mol. The normalized spacial score (nSPS) is 12.1. The smallest absolute Gasteiger partial charge is 0.109 e. The third-order valence-electron chi connectivity index (χ3n) is 2.21. The first-order chi connectivity index (χ1) is 7.09. The van der Waals surface area contributed by atoms with E-state index in [-0.39, 0.29) is 9.52 Å². The topological polar surface area (TPSA) is 6.48 Å². The van der Waals surface area contributed by atoms with E-state index in [2.05, 4.69) is 74.5 Å². The van der Waals surface area contributed by atoms with Gasteiger partial charge in [0, 0.05) is 39.7 Å². The molecule has 1 aromatic rings. The third kappa shape index (κ3) is 4.21. The molecule has 0 unspecified atom stereocenters.